The molecule has 0 bridgehead atoms. The van der Waals surface area contributed by atoms with Crippen molar-refractivity contribution in [3.63, 3.8) is 0 Å². The molecular weight excluding hydrogens is 322 g/mol. The molecule has 0 radical (unpaired) electrons. The number of carbonyl (C=O) groups is 1. The normalized spacial score (nSPS) is 22.9. The molecule has 1 aromatic rings. The largest absolute Gasteiger partial charge is 0.394 e. The number of aliphatic hydroxyl groups excluding tert-OH is 1. The van der Waals surface area contributed by atoms with E-state index in [1.807, 2.05) is 36.9 Å². The second-order valence-corrected chi connectivity index (χ2v) is 6.20. The van der Waals surface area contributed by atoms with Gasteiger partial charge in [-0.25, -0.2) is 0 Å². The molecule has 1 aliphatic heterocycles. The monoisotopic (exact) mass is 341 g/mol. The molecule has 1 aromatic carbocycles. The van der Waals surface area contributed by atoms with Gasteiger partial charge >= 0.3 is 0 Å². The van der Waals surface area contributed by atoms with Gasteiger partial charge in [-0.15, -0.1) is 0 Å². The lowest BCUT2D eigenvalue weighted by Crippen LogP contribution is -2.52. The van der Waals surface area contributed by atoms with Crippen LogP contribution >= 0.6 is 15.9 Å². The molecule has 110 valence electrons. The Morgan fingerprint density at radius 3 is 2.95 bits per heavy atom. The minimum atomic E-state index is -0.263. The molecule has 1 fully saturated rings. The smallest absolute Gasteiger partial charge is 0.227 e. The van der Waals surface area contributed by atoms with Crippen molar-refractivity contribution in [1.29, 1.82) is 0 Å². The molecule has 1 N–H and O–H groups in total. The molecule has 1 saturated heterocycles. The maximum Gasteiger partial charge on any atom is 0.227 e. The minimum Gasteiger partial charge on any atom is -0.394 e. The molecule has 0 saturated carbocycles. The predicted molar refractivity (Wildman–Crippen MR) is 80.6 cm³/mol. The molecule has 1 aliphatic rings. The van der Waals surface area contributed by atoms with Crippen LogP contribution in [0, 0.1) is 6.92 Å². The van der Waals surface area contributed by atoms with Gasteiger partial charge in [-0.1, -0.05) is 22.0 Å². The summed E-state index contributed by atoms with van der Waals surface area (Å²) in [6.45, 7) is 4.88. The lowest BCUT2D eigenvalue weighted by molar-refractivity contribution is -0.145. The average Bonchev–Trinajstić information content (AvgIpc) is 2.42. The number of hydrogen-bond acceptors (Lipinski definition) is 3. The molecule has 5 heteroatoms. The highest BCUT2D eigenvalue weighted by atomic mass is 79.9. The highest BCUT2D eigenvalue weighted by Crippen LogP contribution is 2.19. The van der Waals surface area contributed by atoms with Gasteiger partial charge in [-0.05, 0) is 37.1 Å². The molecule has 2 rings (SSSR count). The van der Waals surface area contributed by atoms with Crippen molar-refractivity contribution in [2.24, 2.45) is 0 Å². The summed E-state index contributed by atoms with van der Waals surface area (Å²) in [5, 5.41) is 9.17. The fourth-order valence-corrected chi connectivity index (χ4v) is 2.87. The highest BCUT2D eigenvalue weighted by molar-refractivity contribution is 9.10. The second-order valence-electron chi connectivity index (χ2n) is 5.28. The van der Waals surface area contributed by atoms with Crippen LogP contribution in [0.5, 0.6) is 0 Å². The number of amides is 1. The summed E-state index contributed by atoms with van der Waals surface area (Å²) in [5.41, 5.74) is 2.14. The van der Waals surface area contributed by atoms with Crippen LogP contribution in [0.1, 0.15) is 18.1 Å². The van der Waals surface area contributed by atoms with Gasteiger partial charge in [-0.3, -0.25) is 4.79 Å². The number of rotatable bonds is 3. The third-order valence-electron chi connectivity index (χ3n) is 3.68. The fourth-order valence-electron chi connectivity index (χ4n) is 2.40. The van der Waals surface area contributed by atoms with Crippen LogP contribution in [-0.4, -0.2) is 47.8 Å². The Balaban J connectivity index is 2.06. The minimum absolute atomic E-state index is 0.0478. The van der Waals surface area contributed by atoms with Crippen LogP contribution in [0.3, 0.4) is 0 Å². The first-order chi connectivity index (χ1) is 9.51. The lowest BCUT2D eigenvalue weighted by Gasteiger charge is -2.37. The maximum absolute atomic E-state index is 12.5. The molecular formula is C15H20BrNO3. The summed E-state index contributed by atoms with van der Waals surface area (Å²) in [5.74, 6) is 0.0877. The quantitative estimate of drug-likeness (QED) is 0.913. The van der Waals surface area contributed by atoms with Crippen molar-refractivity contribution in [2.45, 2.75) is 32.4 Å². The summed E-state index contributed by atoms with van der Waals surface area (Å²) in [6.07, 6.45) is 0.128. The summed E-state index contributed by atoms with van der Waals surface area (Å²) >= 11 is 3.43. The van der Waals surface area contributed by atoms with Crippen molar-refractivity contribution < 1.29 is 14.6 Å². The maximum atomic E-state index is 12.5. The number of aliphatic hydroxyl groups is 1. The third kappa shape index (κ3) is 3.59. The molecule has 0 aliphatic carbocycles. The van der Waals surface area contributed by atoms with Crippen molar-refractivity contribution in [2.75, 3.05) is 19.8 Å². The van der Waals surface area contributed by atoms with Crippen molar-refractivity contribution in [3.05, 3.63) is 33.8 Å². The van der Waals surface area contributed by atoms with Gasteiger partial charge in [0, 0.05) is 11.0 Å². The molecule has 1 amide bonds. The standard InChI is InChI=1S/C15H20BrNO3/c1-10-5-13(16)4-3-12(10)6-15(19)17-7-14(8-18)20-9-11(17)2/h3-5,11,14,18H,6-9H2,1-2H3/t11-,14+/m0/s1. The summed E-state index contributed by atoms with van der Waals surface area (Å²) < 4.78 is 6.48. The van der Waals surface area contributed by atoms with Crippen LogP contribution in [0.2, 0.25) is 0 Å². The summed E-state index contributed by atoms with van der Waals surface area (Å²) in [6, 6.07) is 6.00. The number of morpholine rings is 1. The Hall–Kier alpha value is -0.910. The number of halogens is 1. The van der Waals surface area contributed by atoms with E-state index in [9.17, 15) is 9.90 Å². The Morgan fingerprint density at radius 2 is 2.30 bits per heavy atom. The van der Waals surface area contributed by atoms with E-state index in [0.717, 1.165) is 15.6 Å². The van der Waals surface area contributed by atoms with E-state index in [0.29, 0.717) is 19.6 Å². The number of hydrogen-bond donors (Lipinski definition) is 1. The van der Waals surface area contributed by atoms with E-state index in [1.54, 1.807) is 0 Å². The molecule has 1 heterocycles. The highest BCUT2D eigenvalue weighted by Gasteiger charge is 2.29. The first kappa shape index (κ1) is 15.5. The van der Waals surface area contributed by atoms with E-state index in [-0.39, 0.29) is 24.7 Å². The van der Waals surface area contributed by atoms with E-state index in [1.165, 1.54) is 0 Å². The van der Waals surface area contributed by atoms with Gasteiger partial charge < -0.3 is 14.7 Å². The number of benzene rings is 1. The Kier molecular flexibility index (Phi) is 5.18. The van der Waals surface area contributed by atoms with Crippen LogP contribution in [0.4, 0.5) is 0 Å². The van der Waals surface area contributed by atoms with E-state index < -0.39 is 0 Å². The van der Waals surface area contributed by atoms with Crippen molar-refractivity contribution in [1.82, 2.24) is 4.90 Å². The van der Waals surface area contributed by atoms with Crippen LogP contribution in [0.25, 0.3) is 0 Å². The number of ether oxygens (including phenoxy) is 1. The topological polar surface area (TPSA) is 49.8 Å². The number of carbonyl (C=O) groups excluding carboxylic acids is 1. The van der Waals surface area contributed by atoms with E-state index in [4.69, 9.17) is 4.74 Å². The Labute approximate surface area is 127 Å². The van der Waals surface area contributed by atoms with Gasteiger partial charge in [-0.2, -0.15) is 0 Å². The zero-order chi connectivity index (χ0) is 14.7. The van der Waals surface area contributed by atoms with E-state index >= 15 is 0 Å². The first-order valence-corrected chi connectivity index (χ1v) is 7.57. The molecule has 20 heavy (non-hydrogen) atoms. The fraction of sp³-hybridized carbons (Fsp3) is 0.533. The molecule has 4 nitrogen and oxygen atoms in total. The van der Waals surface area contributed by atoms with Gasteiger partial charge in [0.25, 0.3) is 0 Å². The Morgan fingerprint density at radius 1 is 1.55 bits per heavy atom. The summed E-state index contributed by atoms with van der Waals surface area (Å²) in [4.78, 5) is 14.3. The predicted octanol–water partition coefficient (Wildman–Crippen LogP) is 1.91. The average molecular weight is 342 g/mol. The SMILES string of the molecule is Cc1cc(Br)ccc1CC(=O)N1C[C@H](CO)OC[C@@H]1C. The van der Waals surface area contributed by atoms with E-state index in [2.05, 4.69) is 15.9 Å². The third-order valence-corrected chi connectivity index (χ3v) is 4.17. The lowest BCUT2D eigenvalue weighted by atomic mass is 10.0. The van der Waals surface area contributed by atoms with Gasteiger partial charge in [0.05, 0.1) is 31.8 Å². The van der Waals surface area contributed by atoms with Crippen LogP contribution < -0.4 is 0 Å². The van der Waals surface area contributed by atoms with Crippen LogP contribution in [0.15, 0.2) is 22.7 Å². The molecule has 0 aromatic heterocycles. The van der Waals surface area contributed by atoms with Crippen LogP contribution in [-0.2, 0) is 16.0 Å². The molecule has 0 unspecified atom stereocenters. The zero-order valence-corrected chi connectivity index (χ0v) is 13.4. The molecule has 2 atom stereocenters. The first-order valence-electron chi connectivity index (χ1n) is 6.78. The summed E-state index contributed by atoms with van der Waals surface area (Å²) in [7, 11) is 0. The van der Waals surface area contributed by atoms with Crippen molar-refractivity contribution >= 4 is 21.8 Å². The molecule has 0 spiro atoms. The van der Waals surface area contributed by atoms with Gasteiger partial charge in [0.15, 0.2) is 0 Å². The zero-order valence-electron chi connectivity index (χ0n) is 11.8. The van der Waals surface area contributed by atoms with Crippen molar-refractivity contribution in [3.8, 4) is 0 Å². The Bertz CT molecular complexity index is 492. The van der Waals surface area contributed by atoms with Gasteiger partial charge in [0.1, 0.15) is 0 Å². The second kappa shape index (κ2) is 6.70. The number of aryl methyl sites for hydroxylation is 1. The number of nitrogens with zero attached hydrogens (tertiary/aromatic N) is 1. The van der Waals surface area contributed by atoms with Gasteiger partial charge in [0.2, 0.25) is 5.91 Å².